The van der Waals surface area contributed by atoms with Gasteiger partial charge in [-0.15, -0.1) is 0 Å². The summed E-state index contributed by atoms with van der Waals surface area (Å²) >= 11 is 0. The minimum atomic E-state index is -0.346. The van der Waals surface area contributed by atoms with Gasteiger partial charge in [0, 0.05) is 18.2 Å². The molecule has 3 rings (SSSR count). The number of hydrogen-bond acceptors (Lipinski definition) is 5. The molecule has 2 aliphatic rings. The molecule has 102 valence electrons. The topological polar surface area (TPSA) is 67.4 Å². The van der Waals surface area contributed by atoms with E-state index in [1.165, 1.54) is 0 Å². The molecule has 0 saturated carbocycles. The van der Waals surface area contributed by atoms with Gasteiger partial charge >= 0.3 is 6.09 Å². The van der Waals surface area contributed by atoms with E-state index in [2.05, 4.69) is 34.0 Å². The zero-order valence-corrected chi connectivity index (χ0v) is 11.3. The number of nitrogens with zero attached hydrogens (tertiary/aromatic N) is 3. The first-order valence-corrected chi connectivity index (χ1v) is 6.73. The largest absolute Gasteiger partial charge is 0.437 e. The van der Waals surface area contributed by atoms with Gasteiger partial charge in [-0.1, -0.05) is 13.8 Å². The summed E-state index contributed by atoms with van der Waals surface area (Å²) in [5.74, 6) is 1.81. The van der Waals surface area contributed by atoms with Gasteiger partial charge in [0.2, 0.25) is 0 Å². The molecule has 1 spiro atoms. The highest BCUT2D eigenvalue weighted by Gasteiger charge is 2.51. The Balaban J connectivity index is 1.76. The van der Waals surface area contributed by atoms with Crippen molar-refractivity contribution in [3.63, 3.8) is 0 Å². The van der Waals surface area contributed by atoms with E-state index < -0.39 is 0 Å². The Morgan fingerprint density at radius 3 is 2.74 bits per heavy atom. The van der Waals surface area contributed by atoms with Crippen molar-refractivity contribution < 1.29 is 9.53 Å². The van der Waals surface area contributed by atoms with Crippen molar-refractivity contribution in [3.8, 4) is 0 Å². The minimum absolute atomic E-state index is 0.314. The third-order valence-corrected chi connectivity index (χ3v) is 3.64. The van der Waals surface area contributed by atoms with Crippen molar-refractivity contribution >= 4 is 11.9 Å². The summed E-state index contributed by atoms with van der Waals surface area (Å²) in [5, 5.41) is 2.71. The molecule has 6 nitrogen and oxygen atoms in total. The van der Waals surface area contributed by atoms with E-state index in [0.717, 1.165) is 30.2 Å². The average Bonchev–Trinajstić information content (AvgIpc) is 2.78. The van der Waals surface area contributed by atoms with Gasteiger partial charge in [0.15, 0.2) is 5.60 Å². The molecule has 6 heteroatoms. The first-order valence-electron chi connectivity index (χ1n) is 6.73. The normalized spacial score (nSPS) is 20.1. The summed E-state index contributed by atoms with van der Waals surface area (Å²) in [7, 11) is 0. The summed E-state index contributed by atoms with van der Waals surface area (Å²) in [6, 6.07) is 2.02. The van der Waals surface area contributed by atoms with Crippen LogP contribution in [0.5, 0.6) is 0 Å². The maximum absolute atomic E-state index is 11.1. The Hall–Kier alpha value is -1.85. The quantitative estimate of drug-likeness (QED) is 0.876. The molecule has 0 bridgehead atoms. The van der Waals surface area contributed by atoms with Gasteiger partial charge in [0.1, 0.15) is 11.6 Å². The van der Waals surface area contributed by atoms with Gasteiger partial charge < -0.3 is 15.0 Å². The van der Waals surface area contributed by atoms with Crippen molar-refractivity contribution in [3.05, 3.63) is 17.6 Å². The molecule has 2 fully saturated rings. The summed E-state index contributed by atoms with van der Waals surface area (Å²) in [6.07, 6.45) is 1.42. The van der Waals surface area contributed by atoms with E-state index >= 15 is 0 Å². The smallest absolute Gasteiger partial charge is 0.408 e. The molecule has 1 N–H and O–H groups in total. The Bertz CT molecular complexity index is 489. The molecular weight excluding hydrogens is 244 g/mol. The van der Waals surface area contributed by atoms with Crippen LogP contribution >= 0.6 is 0 Å². The summed E-state index contributed by atoms with van der Waals surface area (Å²) in [6.45, 7) is 6.14. The number of aryl methyl sites for hydroxylation is 2. The van der Waals surface area contributed by atoms with Crippen LogP contribution in [0.2, 0.25) is 0 Å². The molecule has 3 heterocycles. The van der Waals surface area contributed by atoms with Gasteiger partial charge in [-0.2, -0.15) is 0 Å². The highest BCUT2D eigenvalue weighted by atomic mass is 16.6. The lowest BCUT2D eigenvalue weighted by Gasteiger charge is -2.46. The number of nitrogens with one attached hydrogen (secondary N) is 1. The summed E-state index contributed by atoms with van der Waals surface area (Å²) in [4.78, 5) is 22.3. The Labute approximate surface area is 112 Å². The van der Waals surface area contributed by atoms with Crippen molar-refractivity contribution in [2.24, 2.45) is 0 Å². The van der Waals surface area contributed by atoms with E-state index in [9.17, 15) is 4.79 Å². The van der Waals surface area contributed by atoms with Crippen molar-refractivity contribution in [2.45, 2.75) is 32.3 Å². The van der Waals surface area contributed by atoms with Crippen LogP contribution in [0.1, 0.15) is 25.4 Å². The van der Waals surface area contributed by atoms with Crippen molar-refractivity contribution in [1.82, 2.24) is 15.3 Å². The number of anilines is 1. The lowest BCUT2D eigenvalue weighted by molar-refractivity contribution is 0.0328. The van der Waals surface area contributed by atoms with Crippen LogP contribution in [-0.4, -0.2) is 41.3 Å². The van der Waals surface area contributed by atoms with E-state index in [1.54, 1.807) is 0 Å². The molecule has 0 radical (unpaired) electrons. The number of aromatic nitrogens is 2. The molecule has 0 unspecified atom stereocenters. The van der Waals surface area contributed by atoms with Crippen LogP contribution in [-0.2, 0) is 17.6 Å². The highest BCUT2D eigenvalue weighted by molar-refractivity contribution is 5.71. The number of carbonyl (C=O) groups excluding carboxylic acids is 1. The van der Waals surface area contributed by atoms with Crippen LogP contribution in [0, 0.1) is 0 Å². The maximum Gasteiger partial charge on any atom is 0.408 e. The zero-order valence-electron chi connectivity index (χ0n) is 11.3. The Morgan fingerprint density at radius 1 is 1.37 bits per heavy atom. The van der Waals surface area contributed by atoms with E-state index in [1.807, 2.05) is 6.07 Å². The Kier molecular flexibility index (Phi) is 2.80. The summed E-state index contributed by atoms with van der Waals surface area (Å²) in [5.41, 5.74) is 0.713. The van der Waals surface area contributed by atoms with E-state index in [0.29, 0.717) is 19.6 Å². The number of ether oxygens (including phenoxy) is 1. The number of hydrogen-bond donors (Lipinski definition) is 1. The van der Waals surface area contributed by atoms with E-state index in [-0.39, 0.29) is 11.7 Å². The second kappa shape index (κ2) is 4.36. The average molecular weight is 262 g/mol. The predicted molar refractivity (Wildman–Crippen MR) is 70.2 cm³/mol. The maximum atomic E-state index is 11.1. The second-order valence-electron chi connectivity index (χ2n) is 5.12. The standard InChI is InChI=1S/C13H18N4O2/c1-3-9-5-11(16-10(4-2)15-9)17-7-13(8-17)6-14-12(18)19-13/h5H,3-4,6-8H2,1-2H3,(H,14,18). The van der Waals surface area contributed by atoms with E-state index in [4.69, 9.17) is 4.74 Å². The zero-order chi connectivity index (χ0) is 13.5. The molecule has 0 aromatic carbocycles. The number of amides is 1. The van der Waals surface area contributed by atoms with Gasteiger partial charge in [-0.3, -0.25) is 0 Å². The number of alkyl carbamates (subject to hydrolysis) is 1. The van der Waals surface area contributed by atoms with Crippen LogP contribution in [0.3, 0.4) is 0 Å². The van der Waals surface area contributed by atoms with Crippen LogP contribution in [0.4, 0.5) is 10.6 Å². The van der Waals surface area contributed by atoms with Crippen molar-refractivity contribution in [2.75, 3.05) is 24.5 Å². The minimum Gasteiger partial charge on any atom is -0.437 e. The molecule has 19 heavy (non-hydrogen) atoms. The van der Waals surface area contributed by atoms with Gasteiger partial charge in [-0.05, 0) is 6.42 Å². The first kappa shape index (κ1) is 12.2. The lowest BCUT2D eigenvalue weighted by Crippen LogP contribution is -2.64. The molecule has 2 aliphatic heterocycles. The fraction of sp³-hybridized carbons (Fsp3) is 0.615. The number of rotatable bonds is 3. The van der Waals surface area contributed by atoms with Gasteiger partial charge in [-0.25, -0.2) is 14.8 Å². The van der Waals surface area contributed by atoms with Gasteiger partial charge in [0.25, 0.3) is 0 Å². The summed E-state index contributed by atoms with van der Waals surface area (Å²) < 4.78 is 5.31. The third-order valence-electron chi connectivity index (χ3n) is 3.64. The molecule has 1 aromatic heterocycles. The van der Waals surface area contributed by atoms with Crippen molar-refractivity contribution in [1.29, 1.82) is 0 Å². The molecule has 0 aliphatic carbocycles. The fourth-order valence-corrected chi connectivity index (χ4v) is 2.53. The van der Waals surface area contributed by atoms with Crippen LogP contribution in [0.15, 0.2) is 6.07 Å². The molecule has 2 saturated heterocycles. The SMILES string of the molecule is CCc1cc(N2CC3(CNC(=O)O3)C2)nc(CC)n1. The molecule has 1 amide bonds. The monoisotopic (exact) mass is 262 g/mol. The predicted octanol–water partition coefficient (Wildman–Crippen LogP) is 0.900. The molecular formula is C13H18N4O2. The number of carbonyl (C=O) groups is 1. The van der Waals surface area contributed by atoms with Gasteiger partial charge in [0.05, 0.1) is 19.6 Å². The lowest BCUT2D eigenvalue weighted by atomic mass is 9.94. The molecule has 0 atom stereocenters. The second-order valence-corrected chi connectivity index (χ2v) is 5.12. The highest BCUT2D eigenvalue weighted by Crippen LogP contribution is 2.31. The first-order chi connectivity index (χ1) is 9.14. The van der Waals surface area contributed by atoms with Crippen LogP contribution in [0.25, 0.3) is 0 Å². The fourth-order valence-electron chi connectivity index (χ4n) is 2.53. The molecule has 1 aromatic rings. The van der Waals surface area contributed by atoms with Crippen LogP contribution < -0.4 is 10.2 Å². The third kappa shape index (κ3) is 2.11. The Morgan fingerprint density at radius 2 is 2.16 bits per heavy atom.